The molecule has 1 aromatic rings. The molecule has 0 bridgehead atoms. The van der Waals surface area contributed by atoms with Gasteiger partial charge < -0.3 is 15.7 Å². The third-order valence-electron chi connectivity index (χ3n) is 2.88. The van der Waals surface area contributed by atoms with Crippen molar-refractivity contribution in [3.63, 3.8) is 0 Å². The lowest BCUT2D eigenvalue weighted by Crippen LogP contribution is -2.38. The third-order valence-corrected chi connectivity index (χ3v) is 2.88. The Morgan fingerprint density at radius 3 is 2.60 bits per heavy atom. The number of amides is 2. The summed E-state index contributed by atoms with van der Waals surface area (Å²) in [5.74, 6) is -0.380. The molecule has 0 saturated heterocycles. The Bertz CT molecular complexity index is 453. The van der Waals surface area contributed by atoms with E-state index in [-0.39, 0.29) is 17.3 Å². The number of hydrogen-bond donors (Lipinski definition) is 3. The standard InChI is InChI=1S/C15H23FN2O2/c1-10-5-12(16)7-13(6-10)18-14(20)17-9-15(3,4)8-11(2)19/h5-7,11,19H,8-9H2,1-4H3,(H2,17,18,20). The van der Waals surface area contributed by atoms with Crippen LogP contribution in [0.1, 0.15) is 32.8 Å². The summed E-state index contributed by atoms with van der Waals surface area (Å²) in [6, 6.07) is 3.99. The lowest BCUT2D eigenvalue weighted by atomic mass is 9.87. The van der Waals surface area contributed by atoms with Crippen LogP contribution in [0, 0.1) is 18.2 Å². The summed E-state index contributed by atoms with van der Waals surface area (Å²) < 4.78 is 13.2. The number of aliphatic hydroxyl groups is 1. The quantitative estimate of drug-likeness (QED) is 0.777. The summed E-state index contributed by atoms with van der Waals surface area (Å²) in [5, 5.41) is 14.7. The van der Waals surface area contributed by atoms with Crippen LogP contribution in [0.25, 0.3) is 0 Å². The van der Waals surface area contributed by atoms with Crippen molar-refractivity contribution in [2.45, 2.75) is 40.2 Å². The van der Waals surface area contributed by atoms with Crippen LogP contribution in [0.3, 0.4) is 0 Å². The zero-order valence-corrected chi connectivity index (χ0v) is 12.5. The first-order valence-electron chi connectivity index (χ1n) is 6.68. The van der Waals surface area contributed by atoms with E-state index in [1.165, 1.54) is 12.1 Å². The molecule has 0 fully saturated rings. The fourth-order valence-corrected chi connectivity index (χ4v) is 2.18. The van der Waals surface area contributed by atoms with E-state index in [0.717, 1.165) is 5.56 Å². The average Bonchev–Trinajstić information content (AvgIpc) is 2.23. The van der Waals surface area contributed by atoms with Gasteiger partial charge in [-0.15, -0.1) is 0 Å². The minimum Gasteiger partial charge on any atom is -0.393 e. The van der Waals surface area contributed by atoms with E-state index in [4.69, 9.17) is 0 Å². The maximum Gasteiger partial charge on any atom is 0.319 e. The third kappa shape index (κ3) is 6.02. The number of aryl methyl sites for hydroxylation is 1. The van der Waals surface area contributed by atoms with E-state index < -0.39 is 6.10 Å². The molecule has 0 radical (unpaired) electrons. The van der Waals surface area contributed by atoms with Crippen molar-refractivity contribution in [3.8, 4) is 0 Å². The molecule has 0 heterocycles. The first-order valence-corrected chi connectivity index (χ1v) is 6.68. The van der Waals surface area contributed by atoms with E-state index in [1.54, 1.807) is 19.9 Å². The van der Waals surface area contributed by atoms with Crippen molar-refractivity contribution in [1.29, 1.82) is 0 Å². The molecule has 5 heteroatoms. The molecule has 0 aliphatic carbocycles. The van der Waals surface area contributed by atoms with Crippen molar-refractivity contribution < 1.29 is 14.3 Å². The summed E-state index contributed by atoms with van der Waals surface area (Å²) in [7, 11) is 0. The molecule has 1 unspecified atom stereocenters. The predicted molar refractivity (Wildman–Crippen MR) is 78.2 cm³/mol. The molecule has 1 rings (SSSR count). The SMILES string of the molecule is Cc1cc(F)cc(NC(=O)NCC(C)(C)CC(C)O)c1. The highest BCUT2D eigenvalue weighted by molar-refractivity contribution is 5.89. The van der Waals surface area contributed by atoms with Gasteiger partial charge in [-0.2, -0.15) is 0 Å². The summed E-state index contributed by atoms with van der Waals surface area (Å²) in [6.07, 6.45) is 0.174. The number of nitrogens with one attached hydrogen (secondary N) is 2. The van der Waals surface area contributed by atoms with Crippen molar-refractivity contribution >= 4 is 11.7 Å². The molecule has 3 N–H and O–H groups in total. The molecule has 1 aromatic carbocycles. The fourth-order valence-electron chi connectivity index (χ4n) is 2.18. The number of halogens is 1. The van der Waals surface area contributed by atoms with Crippen molar-refractivity contribution in [2.24, 2.45) is 5.41 Å². The van der Waals surface area contributed by atoms with Gasteiger partial charge in [-0.3, -0.25) is 0 Å². The molecule has 0 aliphatic heterocycles. The minimum atomic E-state index is -0.416. The molecule has 2 amide bonds. The monoisotopic (exact) mass is 282 g/mol. The van der Waals surface area contributed by atoms with Crippen LogP contribution in [-0.4, -0.2) is 23.8 Å². The largest absolute Gasteiger partial charge is 0.393 e. The van der Waals surface area contributed by atoms with E-state index in [9.17, 15) is 14.3 Å². The van der Waals surface area contributed by atoms with Crippen LogP contribution < -0.4 is 10.6 Å². The van der Waals surface area contributed by atoms with Crippen LogP contribution in [0.2, 0.25) is 0 Å². The summed E-state index contributed by atoms with van der Waals surface area (Å²) >= 11 is 0. The molecule has 0 aromatic heterocycles. The smallest absolute Gasteiger partial charge is 0.319 e. The van der Waals surface area contributed by atoms with Crippen molar-refractivity contribution in [1.82, 2.24) is 5.32 Å². The van der Waals surface area contributed by atoms with E-state index in [2.05, 4.69) is 10.6 Å². The zero-order chi connectivity index (χ0) is 15.3. The summed E-state index contributed by atoms with van der Waals surface area (Å²) in [5.41, 5.74) is 0.965. The average molecular weight is 282 g/mol. The van der Waals surface area contributed by atoms with Gasteiger partial charge in [0, 0.05) is 12.2 Å². The van der Waals surface area contributed by atoms with Crippen LogP contribution in [0.5, 0.6) is 0 Å². The number of benzene rings is 1. The Morgan fingerprint density at radius 1 is 1.40 bits per heavy atom. The van der Waals surface area contributed by atoms with Gasteiger partial charge in [-0.05, 0) is 49.4 Å². The maximum atomic E-state index is 13.2. The Balaban J connectivity index is 2.51. The first-order chi connectivity index (χ1) is 9.18. The molecule has 20 heavy (non-hydrogen) atoms. The molecule has 0 saturated carbocycles. The van der Waals surface area contributed by atoms with Gasteiger partial charge in [0.05, 0.1) is 6.10 Å². The summed E-state index contributed by atoms with van der Waals surface area (Å²) in [6.45, 7) is 7.84. The second kappa shape index (κ2) is 6.70. The number of rotatable bonds is 5. The topological polar surface area (TPSA) is 61.4 Å². The molecule has 0 spiro atoms. The highest BCUT2D eigenvalue weighted by atomic mass is 19.1. The van der Waals surface area contributed by atoms with Gasteiger partial charge in [0.2, 0.25) is 0 Å². The van der Waals surface area contributed by atoms with Crippen LogP contribution >= 0.6 is 0 Å². The van der Waals surface area contributed by atoms with Gasteiger partial charge in [-0.25, -0.2) is 9.18 Å². The van der Waals surface area contributed by atoms with Gasteiger partial charge in [-0.1, -0.05) is 13.8 Å². The molecule has 112 valence electrons. The minimum absolute atomic E-state index is 0.205. The van der Waals surface area contributed by atoms with E-state index in [0.29, 0.717) is 18.7 Å². The molecule has 1 atom stereocenters. The van der Waals surface area contributed by atoms with Gasteiger partial charge in [0.1, 0.15) is 5.82 Å². The lowest BCUT2D eigenvalue weighted by molar-refractivity contribution is 0.129. The molecule has 4 nitrogen and oxygen atoms in total. The zero-order valence-electron chi connectivity index (χ0n) is 12.5. The number of anilines is 1. The Morgan fingerprint density at radius 2 is 2.05 bits per heavy atom. The fraction of sp³-hybridized carbons (Fsp3) is 0.533. The van der Waals surface area contributed by atoms with Gasteiger partial charge in [0.15, 0.2) is 0 Å². The predicted octanol–water partition coefficient (Wildman–Crippen LogP) is 3.05. The number of carbonyl (C=O) groups excluding carboxylic acids is 1. The first kappa shape index (κ1) is 16.4. The van der Waals surface area contributed by atoms with Crippen LogP contribution in [0.4, 0.5) is 14.9 Å². The number of urea groups is 1. The highest BCUT2D eigenvalue weighted by Gasteiger charge is 2.21. The molecular weight excluding hydrogens is 259 g/mol. The normalized spacial score (nSPS) is 12.9. The van der Waals surface area contributed by atoms with Gasteiger partial charge >= 0.3 is 6.03 Å². The number of carbonyl (C=O) groups is 1. The van der Waals surface area contributed by atoms with Crippen molar-refractivity contribution in [2.75, 3.05) is 11.9 Å². The second-order valence-electron chi connectivity index (χ2n) is 6.04. The van der Waals surface area contributed by atoms with Gasteiger partial charge in [0.25, 0.3) is 0 Å². The molecular formula is C15H23FN2O2. The number of aliphatic hydroxyl groups excluding tert-OH is 1. The molecule has 0 aliphatic rings. The Hall–Kier alpha value is -1.62. The highest BCUT2D eigenvalue weighted by Crippen LogP contribution is 2.21. The maximum absolute atomic E-state index is 13.2. The van der Waals surface area contributed by atoms with E-state index in [1.807, 2.05) is 13.8 Å². The summed E-state index contributed by atoms with van der Waals surface area (Å²) in [4.78, 5) is 11.8. The number of hydrogen-bond acceptors (Lipinski definition) is 2. The van der Waals surface area contributed by atoms with Crippen LogP contribution in [-0.2, 0) is 0 Å². The van der Waals surface area contributed by atoms with Crippen LogP contribution in [0.15, 0.2) is 18.2 Å². The van der Waals surface area contributed by atoms with Crippen molar-refractivity contribution in [3.05, 3.63) is 29.6 Å². The lowest BCUT2D eigenvalue weighted by Gasteiger charge is -2.26. The Labute approximate surface area is 119 Å². The Kier molecular flexibility index (Phi) is 5.51. The van der Waals surface area contributed by atoms with E-state index >= 15 is 0 Å². The second-order valence-corrected chi connectivity index (χ2v) is 6.04.